The minimum absolute atomic E-state index is 0.119. The number of methoxy groups -OCH3 is 1. The number of thiazole rings is 1. The van der Waals surface area contributed by atoms with Crippen molar-refractivity contribution in [2.24, 2.45) is 4.99 Å². The maximum Gasteiger partial charge on any atom is 0.338 e. The van der Waals surface area contributed by atoms with Crippen molar-refractivity contribution in [1.29, 1.82) is 0 Å². The van der Waals surface area contributed by atoms with E-state index in [0.717, 1.165) is 24.2 Å². The Morgan fingerprint density at radius 2 is 1.97 bits per heavy atom. The van der Waals surface area contributed by atoms with Gasteiger partial charge in [-0.25, -0.2) is 9.79 Å². The highest BCUT2D eigenvalue weighted by Crippen LogP contribution is 2.36. The van der Waals surface area contributed by atoms with E-state index in [1.807, 2.05) is 0 Å². The quantitative estimate of drug-likeness (QED) is 0.162. The van der Waals surface area contributed by atoms with E-state index in [-0.39, 0.29) is 22.4 Å². The molecule has 1 aliphatic rings. The summed E-state index contributed by atoms with van der Waals surface area (Å²) < 4.78 is 18.5. The van der Waals surface area contributed by atoms with Crippen LogP contribution in [0.5, 0.6) is 11.5 Å². The van der Waals surface area contributed by atoms with E-state index in [9.17, 15) is 19.7 Å². The predicted octanol–water partition coefficient (Wildman–Crippen LogP) is 3.89. The first-order valence-electron chi connectivity index (χ1n) is 12.5. The molecule has 4 rings (SSSR count). The second-order valence-electron chi connectivity index (χ2n) is 8.73. The normalized spacial score (nSPS) is 15.0. The number of allylic oxidation sites excluding steroid dienone is 1. The lowest BCUT2D eigenvalue weighted by Gasteiger charge is -2.25. The van der Waals surface area contributed by atoms with Crippen LogP contribution in [0.4, 0.5) is 5.69 Å². The van der Waals surface area contributed by atoms with E-state index in [0.29, 0.717) is 39.7 Å². The molecule has 0 bridgehead atoms. The lowest BCUT2D eigenvalue weighted by Crippen LogP contribution is -2.40. The molecule has 0 amide bonds. The third-order valence-corrected chi connectivity index (χ3v) is 7.18. The van der Waals surface area contributed by atoms with Gasteiger partial charge in [-0.3, -0.25) is 19.5 Å². The van der Waals surface area contributed by atoms with Gasteiger partial charge in [-0.05, 0) is 50.1 Å². The Labute approximate surface area is 228 Å². The van der Waals surface area contributed by atoms with Crippen LogP contribution in [0.15, 0.2) is 63.5 Å². The first kappa shape index (κ1) is 27.8. The van der Waals surface area contributed by atoms with Crippen molar-refractivity contribution in [3.63, 3.8) is 0 Å². The molecule has 1 aromatic heterocycles. The number of benzene rings is 2. The summed E-state index contributed by atoms with van der Waals surface area (Å²) in [5.41, 5.74) is 0.985. The minimum atomic E-state index is -0.855. The molecule has 2 heterocycles. The molecule has 10 nitrogen and oxygen atoms in total. The molecule has 2 aromatic carbocycles. The predicted molar refractivity (Wildman–Crippen MR) is 147 cm³/mol. The molecule has 39 heavy (non-hydrogen) atoms. The van der Waals surface area contributed by atoms with Crippen molar-refractivity contribution in [2.75, 3.05) is 20.3 Å². The van der Waals surface area contributed by atoms with E-state index in [1.165, 1.54) is 23.8 Å². The molecule has 0 saturated carbocycles. The van der Waals surface area contributed by atoms with Gasteiger partial charge >= 0.3 is 5.97 Å². The van der Waals surface area contributed by atoms with Crippen LogP contribution in [0.25, 0.3) is 6.08 Å². The van der Waals surface area contributed by atoms with Crippen LogP contribution in [0.3, 0.4) is 0 Å². The van der Waals surface area contributed by atoms with E-state index in [4.69, 9.17) is 14.2 Å². The number of esters is 1. The molecule has 1 atom stereocenters. The Balaban J connectivity index is 1.92. The zero-order valence-electron chi connectivity index (χ0n) is 22.1. The molecular weight excluding hydrogens is 522 g/mol. The number of fused-ring (bicyclic) bond motifs is 1. The molecule has 0 aliphatic carbocycles. The molecule has 0 radical (unpaired) electrons. The Kier molecular flexibility index (Phi) is 8.60. The maximum atomic E-state index is 13.8. The number of hydrogen-bond donors (Lipinski definition) is 0. The van der Waals surface area contributed by atoms with Gasteiger partial charge in [0.1, 0.15) is 0 Å². The number of nitrogens with zero attached hydrogens (tertiary/aromatic N) is 3. The van der Waals surface area contributed by atoms with Crippen LogP contribution in [0.2, 0.25) is 0 Å². The average Bonchev–Trinajstić information content (AvgIpc) is 3.22. The largest absolute Gasteiger partial charge is 0.493 e. The van der Waals surface area contributed by atoms with Gasteiger partial charge in [-0.2, -0.15) is 0 Å². The fourth-order valence-electron chi connectivity index (χ4n) is 4.32. The summed E-state index contributed by atoms with van der Waals surface area (Å²) in [6.07, 6.45) is 3.35. The standard InChI is InChI=1S/C28H29N3O7S/c1-5-7-14-38-21-13-12-19(15-22(21)36-4)25-24(27(33)37-6-2)17(3)29-28-30(25)26(32)23(39-28)16-18-10-8-9-11-20(18)31(34)35/h8-13,15-16,25H,5-7,14H2,1-4H3/b23-16-. The SMILES string of the molecule is CCCCOc1ccc(C2C(C(=O)OCC)=C(C)N=c3s/c(=C\c4ccccc4[N+](=O)[O-])c(=O)n32)cc1OC. The number of nitro benzene ring substituents is 1. The van der Waals surface area contributed by atoms with Crippen LogP contribution in [-0.4, -0.2) is 35.8 Å². The summed E-state index contributed by atoms with van der Waals surface area (Å²) in [5.74, 6) is 0.430. The van der Waals surface area contributed by atoms with Gasteiger partial charge in [0, 0.05) is 6.07 Å². The minimum Gasteiger partial charge on any atom is -0.493 e. The van der Waals surface area contributed by atoms with Crippen LogP contribution in [-0.2, 0) is 9.53 Å². The summed E-state index contributed by atoms with van der Waals surface area (Å²) in [6, 6.07) is 10.6. The highest BCUT2D eigenvalue weighted by atomic mass is 32.1. The number of carbonyl (C=O) groups is 1. The average molecular weight is 552 g/mol. The van der Waals surface area contributed by atoms with Crippen LogP contribution in [0, 0.1) is 10.1 Å². The van der Waals surface area contributed by atoms with Crippen LogP contribution < -0.4 is 24.4 Å². The molecule has 11 heteroatoms. The highest BCUT2D eigenvalue weighted by molar-refractivity contribution is 7.07. The van der Waals surface area contributed by atoms with Gasteiger partial charge < -0.3 is 14.2 Å². The van der Waals surface area contributed by atoms with Crippen molar-refractivity contribution in [1.82, 2.24) is 4.57 Å². The highest BCUT2D eigenvalue weighted by Gasteiger charge is 2.34. The maximum absolute atomic E-state index is 13.8. The van der Waals surface area contributed by atoms with E-state index in [2.05, 4.69) is 11.9 Å². The fraction of sp³-hybridized carbons (Fsp3) is 0.321. The topological polar surface area (TPSA) is 122 Å². The van der Waals surface area contributed by atoms with Crippen molar-refractivity contribution < 1.29 is 23.9 Å². The Morgan fingerprint density at radius 1 is 1.21 bits per heavy atom. The molecule has 0 fully saturated rings. The summed E-state index contributed by atoms with van der Waals surface area (Å²) in [6.45, 7) is 6.15. The van der Waals surface area contributed by atoms with Gasteiger partial charge in [-0.15, -0.1) is 0 Å². The molecule has 3 aromatic rings. The molecule has 0 N–H and O–H groups in total. The van der Waals surface area contributed by atoms with Gasteiger partial charge in [0.2, 0.25) is 0 Å². The second kappa shape index (κ2) is 12.1. The molecule has 0 saturated heterocycles. The van der Waals surface area contributed by atoms with Crippen molar-refractivity contribution in [3.05, 3.63) is 94.7 Å². The number of unbranched alkanes of at least 4 members (excludes halogenated alkanes) is 1. The van der Waals surface area contributed by atoms with E-state index in [1.54, 1.807) is 50.2 Å². The van der Waals surface area contributed by atoms with Crippen LogP contribution in [0.1, 0.15) is 50.8 Å². The Morgan fingerprint density at radius 3 is 2.67 bits per heavy atom. The molecular formula is C28H29N3O7S. The molecule has 0 spiro atoms. The zero-order valence-corrected chi connectivity index (χ0v) is 22.9. The van der Waals surface area contributed by atoms with Crippen molar-refractivity contribution in [2.45, 2.75) is 39.7 Å². The number of para-hydroxylation sites is 1. The number of aromatic nitrogens is 1. The summed E-state index contributed by atoms with van der Waals surface area (Å²) in [4.78, 5) is 42.9. The third kappa shape index (κ3) is 5.63. The Hall–Kier alpha value is -4.25. The van der Waals surface area contributed by atoms with Gasteiger partial charge in [0.05, 0.1) is 52.7 Å². The number of nitro groups is 1. The lowest BCUT2D eigenvalue weighted by molar-refractivity contribution is -0.385. The molecule has 204 valence electrons. The summed E-state index contributed by atoms with van der Waals surface area (Å²) in [7, 11) is 1.53. The van der Waals surface area contributed by atoms with Gasteiger partial charge in [-0.1, -0.05) is 42.9 Å². The lowest BCUT2D eigenvalue weighted by atomic mass is 9.95. The number of hydrogen-bond acceptors (Lipinski definition) is 9. The second-order valence-corrected chi connectivity index (χ2v) is 9.74. The van der Waals surface area contributed by atoms with Crippen molar-refractivity contribution >= 4 is 29.1 Å². The van der Waals surface area contributed by atoms with E-state index >= 15 is 0 Å². The van der Waals surface area contributed by atoms with Gasteiger partial charge in [0.25, 0.3) is 11.2 Å². The fourth-order valence-corrected chi connectivity index (χ4v) is 5.36. The monoisotopic (exact) mass is 551 g/mol. The van der Waals surface area contributed by atoms with Crippen molar-refractivity contribution in [3.8, 4) is 11.5 Å². The first-order valence-corrected chi connectivity index (χ1v) is 13.4. The first-order chi connectivity index (χ1) is 18.8. The molecule has 1 unspecified atom stereocenters. The Bertz CT molecular complexity index is 1620. The van der Waals surface area contributed by atoms with Crippen LogP contribution >= 0.6 is 11.3 Å². The van der Waals surface area contributed by atoms with Gasteiger partial charge in [0.15, 0.2) is 16.3 Å². The number of ether oxygens (including phenoxy) is 3. The summed E-state index contributed by atoms with van der Waals surface area (Å²) in [5, 5.41) is 11.5. The number of rotatable bonds is 10. The number of carbonyl (C=O) groups excluding carboxylic acids is 1. The smallest absolute Gasteiger partial charge is 0.338 e. The van der Waals surface area contributed by atoms with E-state index < -0.39 is 22.5 Å². The molecule has 1 aliphatic heterocycles. The zero-order chi connectivity index (χ0) is 28.1. The third-order valence-electron chi connectivity index (χ3n) is 6.20. The summed E-state index contributed by atoms with van der Waals surface area (Å²) >= 11 is 1.10.